The Hall–Kier alpha value is -3.52. The van der Waals surface area contributed by atoms with Crippen molar-refractivity contribution in [3.05, 3.63) is 63.9 Å². The normalized spacial score (nSPS) is 27.2. The molecule has 4 atom stereocenters. The molecule has 0 radical (unpaired) electrons. The Kier molecular flexibility index (Phi) is 5.09. The lowest BCUT2D eigenvalue weighted by Crippen LogP contribution is -2.52. The van der Waals surface area contributed by atoms with Crippen LogP contribution in [0.15, 0.2) is 47.7 Å². The first-order valence-electron chi connectivity index (χ1n) is 10.7. The fraction of sp³-hybridized carbons (Fsp3) is 0.320. The van der Waals surface area contributed by atoms with Crippen molar-refractivity contribution in [3.8, 4) is 17.2 Å². The van der Waals surface area contributed by atoms with Gasteiger partial charge in [-0.15, -0.1) is 0 Å². The van der Waals surface area contributed by atoms with E-state index in [1.165, 1.54) is 20.3 Å². The minimum Gasteiger partial charge on any atom is -0.496 e. The molecule has 8 nitrogen and oxygen atoms in total. The van der Waals surface area contributed by atoms with Gasteiger partial charge >= 0.3 is 0 Å². The molecule has 2 aromatic rings. The van der Waals surface area contributed by atoms with Crippen molar-refractivity contribution in [2.45, 2.75) is 25.0 Å². The van der Waals surface area contributed by atoms with Crippen LogP contribution in [0.3, 0.4) is 0 Å². The van der Waals surface area contributed by atoms with Gasteiger partial charge in [-0.3, -0.25) is 14.4 Å². The molecule has 2 aromatic carbocycles. The molecule has 3 aliphatic rings. The molecule has 9 heteroatoms. The van der Waals surface area contributed by atoms with E-state index in [9.17, 15) is 14.4 Å². The van der Waals surface area contributed by atoms with E-state index in [1.807, 2.05) is 6.07 Å². The van der Waals surface area contributed by atoms with Gasteiger partial charge in [0.1, 0.15) is 34.1 Å². The largest absolute Gasteiger partial charge is 0.496 e. The van der Waals surface area contributed by atoms with E-state index in [0.29, 0.717) is 5.56 Å². The number of hydrogen-bond acceptors (Lipinski definition) is 7. The second-order valence-electron chi connectivity index (χ2n) is 8.57. The number of hydrogen-bond donors (Lipinski definition) is 1. The molecule has 0 aromatic heterocycles. The number of ether oxygens (including phenoxy) is 4. The molecular weight excluding hydrogens is 462 g/mol. The number of halogens is 1. The van der Waals surface area contributed by atoms with Crippen molar-refractivity contribution in [2.75, 3.05) is 14.2 Å². The number of methoxy groups -OCH3 is 2. The molecule has 34 heavy (non-hydrogen) atoms. The highest BCUT2D eigenvalue weighted by molar-refractivity contribution is 6.35. The summed E-state index contributed by atoms with van der Waals surface area (Å²) in [5.41, 5.74) is 4.90. The third-order valence-corrected chi connectivity index (χ3v) is 7.14. The molecule has 0 saturated carbocycles. The molecule has 5 rings (SSSR count). The molecule has 2 N–H and O–H groups in total. The molecular formula is C25H22ClNO7. The van der Waals surface area contributed by atoms with Crippen LogP contribution in [0.5, 0.6) is 17.2 Å². The molecule has 1 spiro atoms. The van der Waals surface area contributed by atoms with E-state index in [4.69, 9.17) is 36.3 Å². The quantitative estimate of drug-likeness (QED) is 0.708. The molecule has 0 bridgehead atoms. The summed E-state index contributed by atoms with van der Waals surface area (Å²) in [4.78, 5) is 39.8. The predicted molar refractivity (Wildman–Crippen MR) is 121 cm³/mol. The highest BCUT2D eigenvalue weighted by atomic mass is 35.5. The topological polar surface area (TPSA) is 114 Å². The Morgan fingerprint density at radius 2 is 1.82 bits per heavy atom. The van der Waals surface area contributed by atoms with E-state index < -0.39 is 35.2 Å². The highest BCUT2D eigenvalue weighted by Crippen LogP contribution is 2.59. The molecule has 2 heterocycles. The number of carbonyl (C=O) groups excluding carboxylic acids is 3. The summed E-state index contributed by atoms with van der Waals surface area (Å²) >= 11 is 6.52. The van der Waals surface area contributed by atoms with Crippen LogP contribution in [0.4, 0.5) is 0 Å². The Labute approximate surface area is 200 Å². The smallest absolute Gasteiger partial charge is 0.231 e. The SMILES string of the molecule is COc1cc(OC)c2c(c1Cl)O[C@]1(C2=O)C2=C(C(=O)C[C@H]1C)[C@H](C(N)=O)[C@@H](c1ccccc1)O2. The van der Waals surface area contributed by atoms with Gasteiger partial charge in [-0.25, -0.2) is 0 Å². The molecule has 0 saturated heterocycles. The van der Waals surface area contributed by atoms with Crippen molar-refractivity contribution in [1.82, 2.24) is 0 Å². The Balaban J connectivity index is 1.73. The minimum atomic E-state index is -1.70. The summed E-state index contributed by atoms with van der Waals surface area (Å²) in [6.07, 6.45) is -0.911. The minimum absolute atomic E-state index is 0.00666. The maximum Gasteiger partial charge on any atom is 0.231 e. The predicted octanol–water partition coefficient (Wildman–Crippen LogP) is 3.41. The number of rotatable bonds is 4. The zero-order valence-electron chi connectivity index (χ0n) is 18.7. The summed E-state index contributed by atoms with van der Waals surface area (Å²) in [5, 5.41) is 0.0961. The third kappa shape index (κ3) is 2.81. The van der Waals surface area contributed by atoms with Gasteiger partial charge in [-0.05, 0) is 5.56 Å². The van der Waals surface area contributed by atoms with Gasteiger partial charge in [0.2, 0.25) is 17.3 Å². The van der Waals surface area contributed by atoms with Gasteiger partial charge in [0.15, 0.2) is 17.3 Å². The van der Waals surface area contributed by atoms with E-state index in [-0.39, 0.29) is 51.4 Å². The van der Waals surface area contributed by atoms with Gasteiger partial charge in [0.25, 0.3) is 0 Å². The number of benzene rings is 2. The fourth-order valence-corrected chi connectivity index (χ4v) is 5.43. The molecule has 0 unspecified atom stereocenters. The van der Waals surface area contributed by atoms with Crippen molar-refractivity contribution in [1.29, 1.82) is 0 Å². The maximum absolute atomic E-state index is 14.0. The first kappa shape index (κ1) is 22.3. The molecule has 1 amide bonds. The number of carbonyl (C=O) groups is 3. The fourth-order valence-electron chi connectivity index (χ4n) is 5.16. The lowest BCUT2D eigenvalue weighted by atomic mass is 9.71. The summed E-state index contributed by atoms with van der Waals surface area (Å²) in [6, 6.07) is 10.5. The van der Waals surface area contributed by atoms with Crippen molar-refractivity contribution >= 4 is 29.1 Å². The first-order valence-corrected chi connectivity index (χ1v) is 11.1. The Bertz CT molecular complexity index is 1270. The highest BCUT2D eigenvalue weighted by Gasteiger charge is 2.65. The van der Waals surface area contributed by atoms with Gasteiger partial charge in [0, 0.05) is 18.4 Å². The third-order valence-electron chi connectivity index (χ3n) is 6.78. The number of primary amides is 1. The molecule has 1 aliphatic carbocycles. The number of amides is 1. The summed E-state index contributed by atoms with van der Waals surface area (Å²) < 4.78 is 23.3. The van der Waals surface area contributed by atoms with Crippen LogP contribution in [0, 0.1) is 11.8 Å². The van der Waals surface area contributed by atoms with Crippen LogP contribution in [-0.4, -0.2) is 37.3 Å². The van der Waals surface area contributed by atoms with Gasteiger partial charge in [-0.2, -0.15) is 0 Å². The monoisotopic (exact) mass is 483 g/mol. The van der Waals surface area contributed by atoms with E-state index >= 15 is 0 Å². The van der Waals surface area contributed by atoms with Crippen LogP contribution in [0.25, 0.3) is 0 Å². The van der Waals surface area contributed by atoms with Gasteiger partial charge in [0.05, 0.1) is 19.8 Å². The lowest BCUT2D eigenvalue weighted by Gasteiger charge is -2.37. The molecule has 0 fully saturated rings. The van der Waals surface area contributed by atoms with Gasteiger partial charge < -0.3 is 24.7 Å². The number of ketones is 2. The lowest BCUT2D eigenvalue weighted by molar-refractivity contribution is -0.125. The second-order valence-corrected chi connectivity index (χ2v) is 8.94. The standard InChI is InChI=1S/C25H22ClNO7/c1-11-9-13(28)16-18(24(27)30)20(12-7-5-4-6-8-12)33-23(16)25(11)22(29)17-14(31-2)10-15(32-3)19(26)21(17)34-25/h4-8,10-11,18,20H,9H2,1-3H3,(H2,27,30)/t11-,18+,20-,25-/m1/s1. The molecule has 2 aliphatic heterocycles. The Morgan fingerprint density at radius 3 is 2.44 bits per heavy atom. The summed E-state index contributed by atoms with van der Waals surface area (Å²) in [7, 11) is 2.85. The summed E-state index contributed by atoms with van der Waals surface area (Å²) in [5.74, 6) is -2.61. The van der Waals surface area contributed by atoms with Crippen molar-refractivity contribution < 1.29 is 33.3 Å². The summed E-state index contributed by atoms with van der Waals surface area (Å²) in [6.45, 7) is 1.72. The van der Waals surface area contributed by atoms with Crippen LogP contribution < -0.4 is 19.9 Å². The number of nitrogens with two attached hydrogens (primary N) is 1. The van der Waals surface area contributed by atoms with E-state index in [1.54, 1.807) is 31.2 Å². The van der Waals surface area contributed by atoms with Gasteiger partial charge in [-0.1, -0.05) is 48.9 Å². The zero-order valence-corrected chi connectivity index (χ0v) is 19.5. The van der Waals surface area contributed by atoms with Crippen molar-refractivity contribution in [2.24, 2.45) is 17.6 Å². The van der Waals surface area contributed by atoms with E-state index in [2.05, 4.69) is 0 Å². The average molecular weight is 484 g/mol. The number of fused-ring (bicyclic) bond motifs is 2. The van der Waals surface area contributed by atoms with Crippen LogP contribution in [-0.2, 0) is 14.3 Å². The maximum atomic E-state index is 14.0. The average Bonchev–Trinajstić information content (AvgIpc) is 3.38. The van der Waals surface area contributed by atoms with Crippen LogP contribution >= 0.6 is 11.6 Å². The zero-order chi connectivity index (χ0) is 24.4. The molecule has 176 valence electrons. The number of Topliss-reactive ketones (excluding diaryl/α,β-unsaturated/α-hetero) is 2. The Morgan fingerprint density at radius 1 is 1.15 bits per heavy atom. The van der Waals surface area contributed by atoms with Crippen LogP contribution in [0.2, 0.25) is 5.02 Å². The van der Waals surface area contributed by atoms with Crippen molar-refractivity contribution in [3.63, 3.8) is 0 Å². The first-order chi connectivity index (χ1) is 16.3. The van der Waals surface area contributed by atoms with E-state index in [0.717, 1.165) is 0 Å². The second kappa shape index (κ2) is 7.77. The van der Waals surface area contributed by atoms with Crippen LogP contribution in [0.1, 0.15) is 35.4 Å².